The van der Waals surface area contributed by atoms with Crippen molar-refractivity contribution in [1.82, 2.24) is 9.80 Å². The molecule has 12 nitrogen and oxygen atoms in total. The summed E-state index contributed by atoms with van der Waals surface area (Å²) in [7, 11) is 5.20. The quantitative estimate of drug-likeness (QED) is 0.247. The molecule has 4 rings (SSSR count). The van der Waals surface area contributed by atoms with Gasteiger partial charge in [0.2, 0.25) is 0 Å². The van der Waals surface area contributed by atoms with Gasteiger partial charge in [-0.15, -0.1) is 0 Å². The number of esters is 1. The van der Waals surface area contributed by atoms with Gasteiger partial charge in [-0.25, -0.2) is 4.79 Å². The number of methoxy groups -OCH3 is 1. The Balaban J connectivity index is 1.80. The normalized spacial score (nSPS) is 39.2. The van der Waals surface area contributed by atoms with Gasteiger partial charge in [0.05, 0.1) is 17.8 Å². The van der Waals surface area contributed by atoms with Crippen LogP contribution in [0.4, 0.5) is 4.79 Å². The molecule has 0 bridgehead atoms. The van der Waals surface area contributed by atoms with E-state index in [-0.39, 0.29) is 42.9 Å². The predicted molar refractivity (Wildman–Crippen MR) is 185 cm³/mol. The van der Waals surface area contributed by atoms with Crippen molar-refractivity contribution in [2.75, 3.05) is 21.2 Å². The molecule has 0 aromatic heterocycles. The van der Waals surface area contributed by atoms with Gasteiger partial charge in [-0.1, -0.05) is 57.7 Å². The minimum Gasteiger partial charge on any atom is -0.457 e. The first-order chi connectivity index (χ1) is 23.4. The van der Waals surface area contributed by atoms with Crippen LogP contribution in [0.5, 0.6) is 0 Å². The monoisotopic (exact) mass is 700 g/mol. The molecule has 12 atom stereocenters. The van der Waals surface area contributed by atoms with E-state index in [2.05, 4.69) is 6.58 Å². The zero-order valence-electron chi connectivity index (χ0n) is 31.2. The fourth-order valence-corrected chi connectivity index (χ4v) is 7.99. The molecule has 1 N–H and O–H groups in total. The average Bonchev–Trinajstić information content (AvgIpc) is 3.33. The number of fused-ring (bicyclic) bond motifs is 1. The number of hydrogen-bond acceptors (Lipinski definition) is 11. The molecule has 3 fully saturated rings. The van der Waals surface area contributed by atoms with E-state index in [9.17, 15) is 24.3 Å². The lowest BCUT2D eigenvalue weighted by Crippen LogP contribution is -2.59. The first kappa shape index (κ1) is 39.6. The molecular weight excluding hydrogens is 644 g/mol. The Morgan fingerprint density at radius 2 is 1.70 bits per heavy atom. The van der Waals surface area contributed by atoms with Crippen LogP contribution in [0.25, 0.3) is 0 Å². The summed E-state index contributed by atoms with van der Waals surface area (Å²) in [4.78, 5) is 59.4. The second-order valence-electron chi connectivity index (χ2n) is 15.0. The molecular formula is C38H56N2O10. The van der Waals surface area contributed by atoms with Gasteiger partial charge in [0.15, 0.2) is 23.5 Å². The minimum absolute atomic E-state index is 0.0755. The molecule has 278 valence electrons. The molecule has 1 amide bonds. The molecule has 0 saturated carbocycles. The Bertz CT molecular complexity index is 1420. The van der Waals surface area contributed by atoms with E-state index in [1.165, 1.54) is 18.9 Å². The molecule has 3 aliphatic rings. The third-order valence-corrected chi connectivity index (χ3v) is 11.0. The van der Waals surface area contributed by atoms with E-state index in [0.717, 1.165) is 5.56 Å². The number of amides is 1. The van der Waals surface area contributed by atoms with E-state index >= 15 is 0 Å². The summed E-state index contributed by atoms with van der Waals surface area (Å²) in [5.41, 5.74) is -1.86. The highest BCUT2D eigenvalue weighted by Gasteiger charge is 2.59. The maximum atomic E-state index is 14.4. The Labute approximate surface area is 296 Å². The second kappa shape index (κ2) is 15.6. The molecule has 12 heteroatoms. The number of carbonyl (C=O) groups excluding carboxylic acids is 4. The standard InChI is InChI=1S/C38H56N2O10/c1-12-28-38(8)32(40(36(45)50-38)20-26-16-14-13-15-17-26)23(4)29(41)21(2)19-37(7,46-11)33(24(5)30(42)25(6)34(44)48-28)49-35-31(43)27(39(9)10)18-22(3)47-35/h13-17,21-22,24-25,27-28,31-33,35,43H,4,12,18-20H2,1-3,5-11H3/t21-,22-,24+,25-,27+,28-,31-,32-,33-,35?,37+,38-/m1/s1. The van der Waals surface area contributed by atoms with Crippen molar-refractivity contribution in [2.45, 2.75) is 128 Å². The molecule has 1 aromatic rings. The average molecular weight is 701 g/mol. The summed E-state index contributed by atoms with van der Waals surface area (Å²) in [6.07, 6.45) is -4.32. The fourth-order valence-electron chi connectivity index (χ4n) is 7.99. The molecule has 1 aromatic carbocycles. The summed E-state index contributed by atoms with van der Waals surface area (Å²) >= 11 is 0. The maximum Gasteiger partial charge on any atom is 0.411 e. The van der Waals surface area contributed by atoms with Crippen LogP contribution in [0.3, 0.4) is 0 Å². The molecule has 50 heavy (non-hydrogen) atoms. The third-order valence-electron chi connectivity index (χ3n) is 11.0. The zero-order valence-corrected chi connectivity index (χ0v) is 31.2. The van der Waals surface area contributed by atoms with E-state index in [0.29, 0.717) is 6.42 Å². The summed E-state index contributed by atoms with van der Waals surface area (Å²) in [6.45, 7) is 16.3. The Hall–Kier alpha value is -3.16. The van der Waals surface area contributed by atoms with E-state index in [1.807, 2.05) is 56.3 Å². The van der Waals surface area contributed by atoms with E-state index < -0.39 is 77.4 Å². The molecule has 3 saturated heterocycles. The Morgan fingerprint density at radius 3 is 2.28 bits per heavy atom. The summed E-state index contributed by atoms with van der Waals surface area (Å²) in [5, 5.41) is 11.4. The van der Waals surface area contributed by atoms with Crippen LogP contribution < -0.4 is 0 Å². The van der Waals surface area contributed by atoms with Crippen LogP contribution >= 0.6 is 0 Å². The number of rotatable bonds is 7. The molecule has 0 spiro atoms. The van der Waals surface area contributed by atoms with Gasteiger partial charge in [-0.3, -0.25) is 19.3 Å². The van der Waals surface area contributed by atoms with Gasteiger partial charge in [0, 0.05) is 37.1 Å². The predicted octanol–water partition coefficient (Wildman–Crippen LogP) is 4.31. The minimum atomic E-state index is -1.49. The molecule has 0 radical (unpaired) electrons. The number of ketones is 2. The van der Waals surface area contributed by atoms with Gasteiger partial charge in [0.1, 0.15) is 24.2 Å². The first-order valence-electron chi connectivity index (χ1n) is 17.6. The van der Waals surface area contributed by atoms with Crippen LogP contribution in [0, 0.1) is 17.8 Å². The van der Waals surface area contributed by atoms with E-state index in [1.54, 1.807) is 34.6 Å². The smallest absolute Gasteiger partial charge is 0.411 e. The van der Waals surface area contributed by atoms with Gasteiger partial charge in [0.25, 0.3) is 0 Å². The number of aliphatic hydroxyl groups is 1. The molecule has 0 aliphatic carbocycles. The Morgan fingerprint density at radius 1 is 1.06 bits per heavy atom. The Kier molecular flexibility index (Phi) is 12.4. The number of carbonyl (C=O) groups is 4. The van der Waals surface area contributed by atoms with Crippen molar-refractivity contribution < 1.29 is 48.0 Å². The highest BCUT2D eigenvalue weighted by atomic mass is 16.7. The van der Waals surface area contributed by atoms with Gasteiger partial charge < -0.3 is 33.7 Å². The lowest BCUT2D eigenvalue weighted by molar-refractivity contribution is -0.295. The van der Waals surface area contributed by atoms with Crippen molar-refractivity contribution >= 4 is 23.6 Å². The van der Waals surface area contributed by atoms with Crippen LogP contribution in [-0.2, 0) is 44.6 Å². The SMILES string of the molecule is C=C1C(=O)[C@H](C)C[C@](C)(OC)[C@H](OC2O[C@H](C)C[C@H](N(C)C)[C@H]2O)[C@@H](C)C(=O)[C@@H](C)C(=O)O[C@H](CC)[C@@]2(C)OC(=O)N(Cc3ccccc3)[C@H]12. The summed E-state index contributed by atoms with van der Waals surface area (Å²) in [6, 6.07) is 8.02. The number of likely N-dealkylation sites (N-methyl/N-ethyl adjacent to an activating group) is 1. The first-order valence-corrected chi connectivity index (χ1v) is 17.6. The second-order valence-corrected chi connectivity index (χ2v) is 15.0. The third kappa shape index (κ3) is 7.69. The highest BCUT2D eigenvalue weighted by molar-refractivity contribution is 6.00. The van der Waals surface area contributed by atoms with Crippen molar-refractivity contribution in [3.05, 3.63) is 48.0 Å². The number of aliphatic hydroxyl groups excluding tert-OH is 1. The van der Waals surface area contributed by atoms with Crippen LogP contribution in [0.1, 0.15) is 73.3 Å². The number of nitrogens with zero attached hydrogens (tertiary/aromatic N) is 2. The van der Waals surface area contributed by atoms with Crippen LogP contribution in [-0.4, -0.2) is 114 Å². The van der Waals surface area contributed by atoms with Crippen molar-refractivity contribution in [3.63, 3.8) is 0 Å². The number of Topliss-reactive ketones (excluding diaryl/α,β-unsaturated/α-hetero) is 2. The maximum absolute atomic E-state index is 14.4. The van der Waals surface area contributed by atoms with Crippen molar-refractivity contribution in [3.8, 4) is 0 Å². The number of hydrogen-bond donors (Lipinski definition) is 1. The lowest BCUT2D eigenvalue weighted by atomic mass is 9.75. The molecule has 1 unspecified atom stereocenters. The van der Waals surface area contributed by atoms with E-state index in [4.69, 9.17) is 23.7 Å². The van der Waals surface area contributed by atoms with Gasteiger partial charge in [-0.2, -0.15) is 0 Å². The van der Waals surface area contributed by atoms with Crippen molar-refractivity contribution in [2.24, 2.45) is 17.8 Å². The number of cyclic esters (lactones) is 1. The molecule has 3 heterocycles. The number of benzene rings is 1. The van der Waals surface area contributed by atoms with Gasteiger partial charge in [-0.05, 0) is 66.6 Å². The highest BCUT2D eigenvalue weighted by Crippen LogP contribution is 2.43. The summed E-state index contributed by atoms with van der Waals surface area (Å²) in [5.74, 6) is -4.55. The van der Waals surface area contributed by atoms with Crippen LogP contribution in [0.2, 0.25) is 0 Å². The van der Waals surface area contributed by atoms with Crippen LogP contribution in [0.15, 0.2) is 42.5 Å². The van der Waals surface area contributed by atoms with Gasteiger partial charge >= 0.3 is 12.1 Å². The molecule has 3 aliphatic heterocycles. The lowest BCUT2D eigenvalue weighted by Gasteiger charge is -2.47. The zero-order chi connectivity index (χ0) is 37.3. The summed E-state index contributed by atoms with van der Waals surface area (Å²) < 4.78 is 30.8. The fraction of sp³-hybridized carbons (Fsp3) is 0.684. The van der Waals surface area contributed by atoms with Crippen molar-refractivity contribution in [1.29, 1.82) is 0 Å². The largest absolute Gasteiger partial charge is 0.457 e. The number of ether oxygens (including phenoxy) is 5. The topological polar surface area (TPSA) is 141 Å².